The fraction of sp³-hybridized carbons (Fsp3) is 0.474. The minimum atomic E-state index is -4.25. The summed E-state index contributed by atoms with van der Waals surface area (Å²) in [5.74, 6) is 0.632. The molecule has 0 saturated carbocycles. The molecular weight excluding hydrogens is 308 g/mol. The molecule has 2 rings (SSSR count). The van der Waals surface area contributed by atoms with Crippen molar-refractivity contribution in [2.24, 2.45) is 0 Å². The summed E-state index contributed by atoms with van der Waals surface area (Å²) in [6, 6.07) is 7.82. The van der Waals surface area contributed by atoms with Crippen molar-refractivity contribution in [2.75, 3.05) is 0 Å². The monoisotopic (exact) mass is 334 g/mol. The maximum Gasteiger partial charge on any atom is 0.294 e. The second-order valence-corrected chi connectivity index (χ2v) is 8.51. The summed E-state index contributed by atoms with van der Waals surface area (Å²) in [7, 11) is -4.25. The third-order valence-corrected chi connectivity index (χ3v) is 5.27. The fourth-order valence-corrected chi connectivity index (χ4v) is 3.97. The zero-order valence-corrected chi connectivity index (χ0v) is 15.5. The average molecular weight is 334 g/mol. The Labute approximate surface area is 139 Å². The molecule has 0 aliphatic carbocycles. The number of rotatable bonds is 4. The summed E-state index contributed by atoms with van der Waals surface area (Å²) in [6.45, 7) is 12.3. The van der Waals surface area contributed by atoms with Gasteiger partial charge in [0.2, 0.25) is 0 Å². The highest BCUT2D eigenvalue weighted by molar-refractivity contribution is 7.85. The molecule has 0 heterocycles. The lowest BCUT2D eigenvalue weighted by molar-refractivity contribution is 0.481. The van der Waals surface area contributed by atoms with Gasteiger partial charge in [0.1, 0.15) is 0 Å². The van der Waals surface area contributed by atoms with Crippen LogP contribution in [0.5, 0.6) is 0 Å². The van der Waals surface area contributed by atoms with Gasteiger partial charge >= 0.3 is 0 Å². The summed E-state index contributed by atoms with van der Waals surface area (Å²) in [4.78, 5) is 0.0304. The molecule has 1 N–H and O–H groups in total. The summed E-state index contributed by atoms with van der Waals surface area (Å²) < 4.78 is 33.4. The van der Waals surface area contributed by atoms with Gasteiger partial charge in [-0.2, -0.15) is 8.42 Å². The predicted molar refractivity (Wildman–Crippen MR) is 96.0 cm³/mol. The van der Waals surface area contributed by atoms with Crippen LogP contribution in [0.25, 0.3) is 10.8 Å². The molecule has 0 fully saturated rings. The Kier molecular flexibility index (Phi) is 4.88. The summed E-state index contributed by atoms with van der Waals surface area (Å²) in [5.41, 5.74) is 2.97. The van der Waals surface area contributed by atoms with Crippen molar-refractivity contribution in [1.82, 2.24) is 0 Å². The van der Waals surface area contributed by atoms with Crippen LogP contribution in [0, 0.1) is 0 Å². The van der Waals surface area contributed by atoms with Crippen LogP contribution in [0.4, 0.5) is 0 Å². The van der Waals surface area contributed by atoms with Crippen molar-refractivity contribution >= 4 is 20.9 Å². The summed E-state index contributed by atoms with van der Waals surface area (Å²) in [6.07, 6.45) is 0. The minimum Gasteiger partial charge on any atom is -0.282 e. The molecule has 0 unspecified atom stereocenters. The Morgan fingerprint density at radius 2 is 1.13 bits per heavy atom. The van der Waals surface area contributed by atoms with Crippen molar-refractivity contribution in [3.8, 4) is 0 Å². The molecular formula is C19H26O3S. The van der Waals surface area contributed by atoms with E-state index in [1.807, 2.05) is 19.9 Å². The first-order chi connectivity index (χ1) is 10.5. The van der Waals surface area contributed by atoms with Crippen LogP contribution in [-0.2, 0) is 10.1 Å². The van der Waals surface area contributed by atoms with E-state index in [0.29, 0.717) is 11.5 Å². The van der Waals surface area contributed by atoms with E-state index in [1.165, 1.54) is 5.56 Å². The highest BCUT2D eigenvalue weighted by Crippen LogP contribution is 2.36. The lowest BCUT2D eigenvalue weighted by Gasteiger charge is -2.19. The molecule has 3 nitrogen and oxygen atoms in total. The Balaban J connectivity index is 3.01. The topological polar surface area (TPSA) is 54.4 Å². The predicted octanol–water partition coefficient (Wildman–Crippen LogP) is 5.46. The van der Waals surface area contributed by atoms with Crippen molar-refractivity contribution in [3.05, 3.63) is 41.0 Å². The van der Waals surface area contributed by atoms with Gasteiger partial charge < -0.3 is 0 Å². The van der Waals surface area contributed by atoms with E-state index in [2.05, 4.69) is 39.8 Å². The van der Waals surface area contributed by atoms with Gasteiger partial charge in [-0.25, -0.2) is 0 Å². The third-order valence-electron chi connectivity index (χ3n) is 4.36. The van der Waals surface area contributed by atoms with E-state index < -0.39 is 10.1 Å². The van der Waals surface area contributed by atoms with E-state index in [1.54, 1.807) is 6.07 Å². The third kappa shape index (κ3) is 3.43. The van der Waals surface area contributed by atoms with Crippen LogP contribution in [-0.4, -0.2) is 13.0 Å². The van der Waals surface area contributed by atoms with Crippen molar-refractivity contribution in [3.63, 3.8) is 0 Å². The second kappa shape index (κ2) is 6.25. The Morgan fingerprint density at radius 1 is 0.739 bits per heavy atom. The standard InChI is InChI=1S/C19H26O3S/c1-11(2)14-7-8-15(12(3)4)18-10-19(23(20,21)22)16(13(5)6)9-17(14)18/h7-13H,1-6H3,(H,20,21,22). The summed E-state index contributed by atoms with van der Waals surface area (Å²) >= 11 is 0. The largest absolute Gasteiger partial charge is 0.294 e. The van der Waals surface area contributed by atoms with Gasteiger partial charge in [-0.1, -0.05) is 53.7 Å². The lowest BCUT2D eigenvalue weighted by atomic mass is 9.87. The zero-order chi connectivity index (χ0) is 17.5. The highest BCUT2D eigenvalue weighted by atomic mass is 32.2. The van der Waals surface area contributed by atoms with Crippen molar-refractivity contribution in [2.45, 2.75) is 64.2 Å². The fourth-order valence-electron chi connectivity index (χ4n) is 3.11. The molecule has 0 saturated heterocycles. The molecule has 23 heavy (non-hydrogen) atoms. The Morgan fingerprint density at radius 3 is 1.48 bits per heavy atom. The van der Waals surface area contributed by atoms with Gasteiger partial charge in [0.25, 0.3) is 10.1 Å². The average Bonchev–Trinajstić information content (AvgIpc) is 2.42. The summed E-state index contributed by atoms with van der Waals surface area (Å²) in [5, 5.41) is 2.01. The van der Waals surface area contributed by atoms with Gasteiger partial charge in [-0.05, 0) is 57.3 Å². The van der Waals surface area contributed by atoms with Gasteiger partial charge in [0, 0.05) is 0 Å². The number of benzene rings is 2. The van der Waals surface area contributed by atoms with Crippen LogP contribution in [0.15, 0.2) is 29.2 Å². The maximum atomic E-state index is 11.9. The number of fused-ring (bicyclic) bond motifs is 1. The van der Waals surface area contributed by atoms with Crippen molar-refractivity contribution < 1.29 is 13.0 Å². The lowest BCUT2D eigenvalue weighted by Crippen LogP contribution is -2.06. The van der Waals surface area contributed by atoms with E-state index in [9.17, 15) is 13.0 Å². The molecule has 2 aromatic rings. The Bertz CT molecular complexity index is 831. The first kappa shape index (κ1) is 18.0. The molecule has 0 atom stereocenters. The van der Waals surface area contributed by atoms with E-state index in [4.69, 9.17) is 0 Å². The van der Waals surface area contributed by atoms with E-state index in [-0.39, 0.29) is 16.7 Å². The van der Waals surface area contributed by atoms with Crippen LogP contribution < -0.4 is 0 Å². The SMILES string of the molecule is CC(C)c1cc2c(C(C)C)ccc(C(C)C)c2cc1S(=O)(=O)O. The van der Waals surface area contributed by atoms with Crippen LogP contribution >= 0.6 is 0 Å². The van der Waals surface area contributed by atoms with Crippen molar-refractivity contribution in [1.29, 1.82) is 0 Å². The van der Waals surface area contributed by atoms with Crippen LogP contribution in [0.2, 0.25) is 0 Å². The van der Waals surface area contributed by atoms with Gasteiger partial charge in [0.05, 0.1) is 4.90 Å². The molecule has 0 aliphatic heterocycles. The van der Waals surface area contributed by atoms with E-state index in [0.717, 1.165) is 16.3 Å². The molecule has 0 bridgehead atoms. The first-order valence-corrected chi connectivity index (χ1v) is 9.56. The second-order valence-electron chi connectivity index (χ2n) is 7.12. The number of hydrogen-bond acceptors (Lipinski definition) is 2. The molecule has 0 aliphatic rings. The minimum absolute atomic E-state index is 0.0130. The van der Waals surface area contributed by atoms with Crippen LogP contribution in [0.3, 0.4) is 0 Å². The quantitative estimate of drug-likeness (QED) is 0.756. The van der Waals surface area contributed by atoms with Crippen LogP contribution in [0.1, 0.15) is 76.0 Å². The molecule has 4 heteroatoms. The van der Waals surface area contributed by atoms with Gasteiger partial charge in [0.15, 0.2) is 0 Å². The smallest absolute Gasteiger partial charge is 0.282 e. The maximum absolute atomic E-state index is 11.9. The van der Waals surface area contributed by atoms with E-state index >= 15 is 0 Å². The molecule has 2 aromatic carbocycles. The Hall–Kier alpha value is -1.39. The molecule has 0 spiro atoms. The van der Waals surface area contributed by atoms with Gasteiger partial charge in [-0.15, -0.1) is 0 Å². The normalized spacial score (nSPS) is 12.8. The molecule has 0 radical (unpaired) electrons. The number of hydrogen-bond donors (Lipinski definition) is 1. The molecule has 126 valence electrons. The van der Waals surface area contributed by atoms with Gasteiger partial charge in [-0.3, -0.25) is 4.55 Å². The molecule has 0 amide bonds. The highest BCUT2D eigenvalue weighted by Gasteiger charge is 2.21. The zero-order valence-electron chi connectivity index (χ0n) is 14.7. The first-order valence-electron chi connectivity index (χ1n) is 8.12. The molecule has 0 aromatic heterocycles.